The van der Waals surface area contributed by atoms with Crippen LogP contribution in [0, 0.1) is 0 Å². The topological polar surface area (TPSA) is 9.23 Å². The van der Waals surface area contributed by atoms with Crippen LogP contribution >= 0.6 is 0 Å². The summed E-state index contributed by atoms with van der Waals surface area (Å²) in [6, 6.07) is 20.0. The Hall–Kier alpha value is -1.76. The molecule has 2 aromatic rings. The van der Waals surface area contributed by atoms with Gasteiger partial charge in [0, 0.05) is 0 Å². The van der Waals surface area contributed by atoms with Gasteiger partial charge in [-0.1, -0.05) is 67.8 Å². The average molecular weight is 226 g/mol. The highest BCUT2D eigenvalue weighted by molar-refractivity contribution is 5.22. The first-order valence-electron chi connectivity index (χ1n) is 6.17. The van der Waals surface area contributed by atoms with Gasteiger partial charge < -0.3 is 4.74 Å². The number of benzene rings is 2. The number of rotatable bonds is 3. The van der Waals surface area contributed by atoms with Gasteiger partial charge >= 0.3 is 0 Å². The van der Waals surface area contributed by atoms with Crippen LogP contribution in [0.1, 0.15) is 24.8 Å². The van der Waals surface area contributed by atoms with Crippen molar-refractivity contribution in [2.24, 2.45) is 0 Å². The molecule has 17 heavy (non-hydrogen) atoms. The molecule has 0 bridgehead atoms. The van der Waals surface area contributed by atoms with E-state index in [-0.39, 0.29) is 0 Å². The van der Waals surface area contributed by atoms with Gasteiger partial charge in [0.15, 0.2) is 0 Å². The van der Waals surface area contributed by atoms with Crippen molar-refractivity contribution in [1.29, 1.82) is 0 Å². The fourth-order valence-electron chi connectivity index (χ4n) is 1.26. The van der Waals surface area contributed by atoms with Crippen molar-refractivity contribution in [3.05, 3.63) is 66.2 Å². The summed E-state index contributed by atoms with van der Waals surface area (Å²) in [5, 5.41) is 0. The van der Waals surface area contributed by atoms with Crippen LogP contribution in [-0.4, -0.2) is 0 Å². The van der Waals surface area contributed by atoms with E-state index in [0.29, 0.717) is 6.61 Å². The molecule has 0 amide bonds. The lowest BCUT2D eigenvalue weighted by molar-refractivity contribution is 0.306. The van der Waals surface area contributed by atoms with Crippen LogP contribution in [0.25, 0.3) is 0 Å². The molecule has 1 saturated carbocycles. The molecule has 1 fully saturated rings. The molecule has 88 valence electrons. The molecular weight excluding hydrogens is 208 g/mol. The summed E-state index contributed by atoms with van der Waals surface area (Å²) in [4.78, 5) is 0. The fourth-order valence-corrected chi connectivity index (χ4v) is 1.26. The molecule has 0 aliphatic heterocycles. The zero-order valence-electron chi connectivity index (χ0n) is 10.0. The van der Waals surface area contributed by atoms with E-state index in [2.05, 4.69) is 12.1 Å². The zero-order chi connectivity index (χ0) is 11.8. The molecular formula is C16H18O. The molecule has 1 aliphatic carbocycles. The molecule has 0 unspecified atom stereocenters. The third kappa shape index (κ3) is 5.21. The Morgan fingerprint density at radius 3 is 1.76 bits per heavy atom. The van der Waals surface area contributed by atoms with Crippen LogP contribution in [0.4, 0.5) is 0 Å². The number of ether oxygens (including phenoxy) is 1. The van der Waals surface area contributed by atoms with Crippen molar-refractivity contribution >= 4 is 0 Å². The molecule has 0 saturated heterocycles. The maximum Gasteiger partial charge on any atom is 0.119 e. The normalized spacial score (nSPS) is 12.2. The number of hydrogen-bond donors (Lipinski definition) is 0. The van der Waals surface area contributed by atoms with Gasteiger partial charge in [0.05, 0.1) is 0 Å². The predicted molar refractivity (Wildman–Crippen MR) is 71.1 cm³/mol. The second-order valence-corrected chi connectivity index (χ2v) is 4.15. The molecule has 1 nitrogen and oxygen atoms in total. The maximum absolute atomic E-state index is 5.59. The maximum atomic E-state index is 5.59. The quantitative estimate of drug-likeness (QED) is 0.752. The Labute approximate surface area is 103 Å². The standard InChI is InChI=1S/C13H12O.C3H6/c1-3-7-12(8-4-1)11-14-13-9-5-2-6-10-13;1-2-3-1/h1-10H,11H2;1-3H2. The van der Waals surface area contributed by atoms with E-state index < -0.39 is 0 Å². The summed E-state index contributed by atoms with van der Waals surface area (Å²) < 4.78 is 5.59. The predicted octanol–water partition coefficient (Wildman–Crippen LogP) is 4.44. The molecule has 0 atom stereocenters. The first kappa shape index (κ1) is 11.7. The second kappa shape index (κ2) is 6.74. The number of para-hydroxylation sites is 1. The first-order chi connectivity index (χ1) is 8.45. The first-order valence-corrected chi connectivity index (χ1v) is 6.17. The molecule has 1 aliphatic rings. The molecule has 0 heterocycles. The molecule has 0 aromatic heterocycles. The van der Waals surface area contributed by atoms with Gasteiger partial charge in [0.2, 0.25) is 0 Å². The zero-order valence-corrected chi connectivity index (χ0v) is 10.0. The average Bonchev–Trinajstić information content (AvgIpc) is 3.27. The summed E-state index contributed by atoms with van der Waals surface area (Å²) in [5.41, 5.74) is 1.19. The van der Waals surface area contributed by atoms with Crippen LogP contribution in [0.5, 0.6) is 5.75 Å². The number of hydrogen-bond acceptors (Lipinski definition) is 1. The highest BCUT2D eigenvalue weighted by Gasteiger charge is 1.95. The molecule has 1 heteroatoms. The molecule has 2 aromatic carbocycles. The van der Waals surface area contributed by atoms with E-state index in [4.69, 9.17) is 4.74 Å². The highest BCUT2D eigenvalue weighted by Crippen LogP contribution is 2.14. The van der Waals surface area contributed by atoms with Crippen molar-refractivity contribution in [3.63, 3.8) is 0 Å². The smallest absolute Gasteiger partial charge is 0.119 e. The van der Waals surface area contributed by atoms with E-state index in [1.165, 1.54) is 24.8 Å². The Balaban J connectivity index is 0.000000313. The van der Waals surface area contributed by atoms with Gasteiger partial charge in [-0.2, -0.15) is 0 Å². The lowest BCUT2D eigenvalue weighted by atomic mass is 10.2. The lowest BCUT2D eigenvalue weighted by Crippen LogP contribution is -1.94. The second-order valence-electron chi connectivity index (χ2n) is 4.15. The third-order valence-electron chi connectivity index (χ3n) is 2.35. The van der Waals surface area contributed by atoms with Crippen LogP contribution in [0.15, 0.2) is 60.7 Å². The summed E-state index contributed by atoms with van der Waals surface area (Å²) in [5.74, 6) is 0.913. The summed E-state index contributed by atoms with van der Waals surface area (Å²) in [6.45, 7) is 0.630. The Morgan fingerprint density at radius 2 is 1.24 bits per heavy atom. The van der Waals surface area contributed by atoms with Gasteiger partial charge in [0.1, 0.15) is 12.4 Å². The van der Waals surface area contributed by atoms with Crippen LogP contribution in [0.2, 0.25) is 0 Å². The Bertz CT molecular complexity index is 364. The van der Waals surface area contributed by atoms with Crippen molar-refractivity contribution < 1.29 is 4.74 Å². The summed E-state index contributed by atoms with van der Waals surface area (Å²) >= 11 is 0. The van der Waals surface area contributed by atoms with E-state index in [1.54, 1.807) is 0 Å². The minimum absolute atomic E-state index is 0.630. The van der Waals surface area contributed by atoms with E-state index in [1.807, 2.05) is 48.5 Å². The highest BCUT2D eigenvalue weighted by atomic mass is 16.5. The van der Waals surface area contributed by atoms with Crippen molar-refractivity contribution in [3.8, 4) is 5.75 Å². The largest absolute Gasteiger partial charge is 0.489 e. The van der Waals surface area contributed by atoms with E-state index in [9.17, 15) is 0 Å². The van der Waals surface area contributed by atoms with Crippen molar-refractivity contribution in [1.82, 2.24) is 0 Å². The molecule has 0 N–H and O–H groups in total. The van der Waals surface area contributed by atoms with Gasteiger partial charge in [-0.25, -0.2) is 0 Å². The van der Waals surface area contributed by atoms with Crippen molar-refractivity contribution in [2.45, 2.75) is 25.9 Å². The SMILES string of the molecule is C1CC1.c1ccc(COc2ccccc2)cc1. The van der Waals surface area contributed by atoms with Crippen LogP contribution < -0.4 is 4.74 Å². The van der Waals surface area contributed by atoms with E-state index in [0.717, 1.165) is 5.75 Å². The van der Waals surface area contributed by atoms with Gasteiger partial charge in [-0.05, 0) is 17.7 Å². The van der Waals surface area contributed by atoms with Crippen LogP contribution in [-0.2, 0) is 6.61 Å². The Morgan fingerprint density at radius 1 is 0.706 bits per heavy atom. The Kier molecular flexibility index (Phi) is 4.65. The minimum atomic E-state index is 0.630. The molecule has 3 rings (SSSR count). The summed E-state index contributed by atoms with van der Waals surface area (Å²) in [7, 11) is 0. The van der Waals surface area contributed by atoms with E-state index >= 15 is 0 Å². The van der Waals surface area contributed by atoms with Gasteiger partial charge in [0.25, 0.3) is 0 Å². The van der Waals surface area contributed by atoms with Gasteiger partial charge in [-0.15, -0.1) is 0 Å². The fraction of sp³-hybridized carbons (Fsp3) is 0.250. The minimum Gasteiger partial charge on any atom is -0.489 e. The van der Waals surface area contributed by atoms with Crippen molar-refractivity contribution in [2.75, 3.05) is 0 Å². The molecule has 0 spiro atoms. The summed E-state index contributed by atoms with van der Waals surface area (Å²) in [6.07, 6.45) is 4.50. The monoisotopic (exact) mass is 226 g/mol. The molecule has 0 radical (unpaired) electrons. The third-order valence-corrected chi connectivity index (χ3v) is 2.35. The van der Waals surface area contributed by atoms with Gasteiger partial charge in [-0.3, -0.25) is 0 Å². The lowest BCUT2D eigenvalue weighted by Gasteiger charge is -2.05. The van der Waals surface area contributed by atoms with Crippen LogP contribution in [0.3, 0.4) is 0 Å².